The SMILES string of the molecule is CS[C@H](C)C[C]1[CH][CH][CH][C]1P(c1ccccc1)c1ccccc1.[B].[CH]1[CH][CH][CH][CH]1.[Fe+2]. The smallest absolute Gasteiger partial charge is 0.162 e. The molecule has 0 heterocycles. The van der Waals surface area contributed by atoms with Crippen molar-refractivity contribution in [2.45, 2.75) is 18.6 Å². The van der Waals surface area contributed by atoms with E-state index in [0.29, 0.717) is 5.25 Å². The fraction of sp³-hybridized carbons (Fsp3) is 0.154. The minimum atomic E-state index is -0.475. The molecule has 4 heteroatoms. The molecule has 151 valence electrons. The van der Waals surface area contributed by atoms with Crippen LogP contribution in [0.5, 0.6) is 0 Å². The molecule has 0 N–H and O–H groups in total. The molecular weight excluding hydrogens is 442 g/mol. The first-order chi connectivity index (χ1) is 13.8. The molecule has 2 fully saturated rings. The fourth-order valence-electron chi connectivity index (χ4n) is 3.13. The van der Waals surface area contributed by atoms with E-state index in [1.165, 1.54) is 22.2 Å². The Labute approximate surface area is 203 Å². The second kappa shape index (κ2) is 15.6. The maximum Gasteiger partial charge on any atom is 2.00 e. The zero-order valence-corrected chi connectivity index (χ0v) is 20.3. The quantitative estimate of drug-likeness (QED) is 0.391. The van der Waals surface area contributed by atoms with E-state index in [9.17, 15) is 0 Å². The molecule has 4 rings (SSSR count). The predicted octanol–water partition coefficient (Wildman–Crippen LogP) is 5.63. The second-order valence-corrected chi connectivity index (χ2v) is 10.1. The molecule has 0 amide bonds. The molecule has 0 bridgehead atoms. The summed E-state index contributed by atoms with van der Waals surface area (Å²) in [5, 5.41) is 3.51. The molecule has 2 aromatic carbocycles. The Morgan fingerprint density at radius 3 is 1.63 bits per heavy atom. The van der Waals surface area contributed by atoms with Gasteiger partial charge in [0.15, 0.2) is 0 Å². The summed E-state index contributed by atoms with van der Waals surface area (Å²) in [6, 6.07) is 21.9. The molecule has 0 aromatic heterocycles. The fourth-order valence-corrected chi connectivity index (χ4v) is 5.96. The number of thioether (sulfide) groups is 1. The topological polar surface area (TPSA) is 0 Å². The maximum absolute atomic E-state index is 2.33. The van der Waals surface area contributed by atoms with Gasteiger partial charge in [0, 0.05) is 19.3 Å². The number of rotatable bonds is 6. The first kappa shape index (κ1) is 27.8. The van der Waals surface area contributed by atoms with E-state index in [0.717, 1.165) is 6.42 Å². The van der Waals surface area contributed by atoms with Gasteiger partial charge in [-0.25, -0.2) is 0 Å². The van der Waals surface area contributed by atoms with Crippen LogP contribution >= 0.6 is 19.7 Å². The van der Waals surface area contributed by atoms with E-state index < -0.39 is 7.92 Å². The van der Waals surface area contributed by atoms with Crippen molar-refractivity contribution < 1.29 is 17.1 Å². The van der Waals surface area contributed by atoms with Gasteiger partial charge < -0.3 is 0 Å². The van der Waals surface area contributed by atoms with Crippen molar-refractivity contribution in [2.24, 2.45) is 0 Å². The van der Waals surface area contributed by atoms with Crippen LogP contribution in [0.1, 0.15) is 13.3 Å². The average Bonchev–Trinajstić information content (AvgIpc) is 3.46. The van der Waals surface area contributed by atoms with E-state index in [2.05, 4.69) is 93.1 Å². The maximum atomic E-state index is 2.33. The van der Waals surface area contributed by atoms with Gasteiger partial charge >= 0.3 is 17.1 Å². The van der Waals surface area contributed by atoms with Crippen molar-refractivity contribution >= 4 is 38.7 Å². The van der Waals surface area contributed by atoms with Crippen LogP contribution in [-0.4, -0.2) is 19.9 Å². The minimum Gasteiger partial charge on any atom is -0.162 e. The van der Waals surface area contributed by atoms with Gasteiger partial charge in [0.05, 0.1) is 0 Å². The van der Waals surface area contributed by atoms with Crippen LogP contribution in [0.2, 0.25) is 0 Å². The summed E-state index contributed by atoms with van der Waals surface area (Å²) in [4.78, 5) is 0. The number of benzene rings is 2. The average molecular weight is 469 g/mol. The van der Waals surface area contributed by atoms with Crippen molar-refractivity contribution in [3.05, 3.63) is 124 Å². The zero-order chi connectivity index (χ0) is 19.6. The van der Waals surface area contributed by atoms with Crippen LogP contribution < -0.4 is 10.6 Å². The molecule has 2 aliphatic carbocycles. The monoisotopic (exact) mass is 469 g/mol. The first-order valence-corrected chi connectivity index (χ1v) is 12.3. The molecular formula is C26H27BFePS+2. The van der Waals surface area contributed by atoms with E-state index in [1.54, 1.807) is 0 Å². The Hall–Kier alpha value is -0.196. The normalized spacial score (nSPS) is 17.6. The molecule has 1 atom stereocenters. The van der Waals surface area contributed by atoms with Crippen LogP contribution in [0.25, 0.3) is 0 Å². The summed E-state index contributed by atoms with van der Waals surface area (Å²) < 4.78 is 0. The molecule has 0 unspecified atom stereocenters. The van der Waals surface area contributed by atoms with Crippen LogP contribution in [0.4, 0.5) is 0 Å². The van der Waals surface area contributed by atoms with Gasteiger partial charge in [0.1, 0.15) is 0 Å². The second-order valence-electron chi connectivity index (χ2n) is 6.66. The summed E-state index contributed by atoms with van der Waals surface area (Å²) in [5.74, 6) is 1.51. The minimum absolute atomic E-state index is 0. The zero-order valence-electron chi connectivity index (χ0n) is 17.5. The van der Waals surface area contributed by atoms with Gasteiger partial charge in [-0.2, -0.15) is 11.8 Å². The summed E-state index contributed by atoms with van der Waals surface area (Å²) in [6.07, 6.45) is 20.2. The van der Waals surface area contributed by atoms with E-state index in [4.69, 9.17) is 0 Å². The molecule has 2 aromatic rings. The molecule has 30 heavy (non-hydrogen) atoms. The van der Waals surface area contributed by atoms with Gasteiger partial charge in [-0.1, -0.05) is 67.6 Å². The summed E-state index contributed by atoms with van der Waals surface area (Å²) in [7, 11) is -0.475. The first-order valence-electron chi connectivity index (χ1n) is 9.64. The van der Waals surface area contributed by atoms with Crippen LogP contribution in [0, 0.1) is 62.9 Å². The number of hydrogen-bond donors (Lipinski definition) is 0. The van der Waals surface area contributed by atoms with Crippen molar-refractivity contribution in [3.63, 3.8) is 0 Å². The van der Waals surface area contributed by atoms with Gasteiger partial charge in [0.25, 0.3) is 0 Å². The Morgan fingerprint density at radius 2 is 1.20 bits per heavy atom. The molecule has 13 radical (unpaired) electrons. The standard InChI is InChI=1S/C21H22PS.C5H5.B.Fe/c1-17(23-2)16-18-10-9-15-21(18)22(19-11-5-3-6-12-19)20-13-7-4-8-14-20;1-2-4-5-3-1;;/h3-15,17H,16H2,1-2H3;1-5H;;/q;;;+2/t17-;;;/m1.../s1. The van der Waals surface area contributed by atoms with Crippen LogP contribution in [0.15, 0.2) is 60.7 Å². The summed E-state index contributed by atoms with van der Waals surface area (Å²) >= 11 is 1.94. The molecule has 2 aliphatic rings. The van der Waals surface area contributed by atoms with Crippen LogP contribution in [0.3, 0.4) is 0 Å². The van der Waals surface area contributed by atoms with E-state index >= 15 is 0 Å². The van der Waals surface area contributed by atoms with Gasteiger partial charge in [0.2, 0.25) is 0 Å². The predicted molar refractivity (Wildman–Crippen MR) is 133 cm³/mol. The third-order valence-corrected chi connectivity index (χ3v) is 8.13. The Morgan fingerprint density at radius 1 is 0.733 bits per heavy atom. The molecule has 0 spiro atoms. The largest absolute Gasteiger partial charge is 2.00 e. The Bertz CT molecular complexity index is 618. The molecule has 0 saturated heterocycles. The molecule has 0 aliphatic heterocycles. The van der Waals surface area contributed by atoms with Crippen molar-refractivity contribution in [1.29, 1.82) is 0 Å². The molecule has 2 saturated carbocycles. The summed E-state index contributed by atoms with van der Waals surface area (Å²) in [6.45, 7) is 2.31. The number of hydrogen-bond acceptors (Lipinski definition) is 1. The van der Waals surface area contributed by atoms with Crippen molar-refractivity contribution in [1.82, 2.24) is 0 Å². The van der Waals surface area contributed by atoms with E-state index in [-0.39, 0.29) is 25.5 Å². The third kappa shape index (κ3) is 8.39. The third-order valence-electron chi connectivity index (χ3n) is 4.62. The van der Waals surface area contributed by atoms with Gasteiger partial charge in [-0.15, -0.1) is 0 Å². The Kier molecular flexibility index (Phi) is 14.5. The van der Waals surface area contributed by atoms with Crippen LogP contribution in [-0.2, 0) is 17.1 Å². The Balaban J connectivity index is 0.000000566. The van der Waals surface area contributed by atoms with E-state index in [1.807, 2.05) is 43.9 Å². The molecule has 0 nitrogen and oxygen atoms in total. The summed E-state index contributed by atoms with van der Waals surface area (Å²) in [5.41, 5.74) is 1.51. The van der Waals surface area contributed by atoms with Gasteiger partial charge in [-0.05, 0) is 88.5 Å². The van der Waals surface area contributed by atoms with Crippen molar-refractivity contribution in [3.8, 4) is 0 Å². The van der Waals surface area contributed by atoms with Gasteiger partial charge in [-0.3, -0.25) is 0 Å². The van der Waals surface area contributed by atoms with Crippen molar-refractivity contribution in [2.75, 3.05) is 6.26 Å².